The fraction of sp³-hybridized carbons (Fsp3) is 0.389. The zero-order valence-corrected chi connectivity index (χ0v) is 13.3. The molecule has 0 fully saturated rings. The Morgan fingerprint density at radius 1 is 1.00 bits per heavy atom. The highest BCUT2D eigenvalue weighted by atomic mass is 16.5. The van der Waals surface area contributed by atoms with Crippen LogP contribution in [0.15, 0.2) is 42.6 Å². The maximum Gasteiger partial charge on any atom is 0.219 e. The van der Waals surface area contributed by atoms with Gasteiger partial charge in [-0.3, -0.25) is 0 Å². The van der Waals surface area contributed by atoms with Gasteiger partial charge in [0.2, 0.25) is 5.88 Å². The summed E-state index contributed by atoms with van der Waals surface area (Å²) in [6, 6.07) is 12.1. The Balaban J connectivity index is 1.95. The van der Waals surface area contributed by atoms with Gasteiger partial charge in [0, 0.05) is 24.3 Å². The summed E-state index contributed by atoms with van der Waals surface area (Å²) in [6.07, 6.45) is 2.89. The molecule has 0 aliphatic heterocycles. The summed E-state index contributed by atoms with van der Waals surface area (Å²) < 4.78 is 5.75. The highest BCUT2D eigenvalue weighted by molar-refractivity contribution is 5.31. The highest BCUT2D eigenvalue weighted by Gasteiger charge is 2.08. The van der Waals surface area contributed by atoms with Crippen LogP contribution in [0.25, 0.3) is 0 Å². The van der Waals surface area contributed by atoms with Crippen molar-refractivity contribution in [2.24, 2.45) is 0 Å². The van der Waals surface area contributed by atoms with Crippen molar-refractivity contribution in [2.45, 2.75) is 46.2 Å². The molecule has 0 aliphatic carbocycles. The molecule has 0 radical (unpaired) electrons. The first-order valence-corrected chi connectivity index (χ1v) is 7.43. The number of benzene rings is 1. The second-order valence-electron chi connectivity index (χ2n) is 6.21. The molecule has 1 aromatic carbocycles. The Bertz CT molecular complexity index is 553. The lowest BCUT2D eigenvalue weighted by atomic mass is 10.1. The lowest BCUT2D eigenvalue weighted by molar-refractivity contribution is 0.423. The third-order valence-electron chi connectivity index (χ3n) is 3.17. The molecule has 1 aromatic heterocycles. The minimum Gasteiger partial charge on any atom is -0.439 e. The van der Waals surface area contributed by atoms with Crippen molar-refractivity contribution in [2.75, 3.05) is 0 Å². The molecule has 0 saturated carbocycles. The predicted molar refractivity (Wildman–Crippen MR) is 86.7 cm³/mol. The zero-order chi connectivity index (χ0) is 15.3. The summed E-state index contributed by atoms with van der Waals surface area (Å²) in [5, 5.41) is 3.44. The van der Waals surface area contributed by atoms with E-state index in [2.05, 4.69) is 50.1 Å². The number of hydrogen-bond acceptors (Lipinski definition) is 3. The van der Waals surface area contributed by atoms with Crippen molar-refractivity contribution >= 4 is 0 Å². The first-order chi connectivity index (χ1) is 9.96. The van der Waals surface area contributed by atoms with Crippen molar-refractivity contribution in [1.82, 2.24) is 10.3 Å². The number of ether oxygens (including phenoxy) is 1. The molecule has 2 rings (SSSR count). The molecule has 3 nitrogen and oxygen atoms in total. The van der Waals surface area contributed by atoms with E-state index in [1.165, 1.54) is 5.56 Å². The Morgan fingerprint density at radius 2 is 1.67 bits per heavy atom. The quantitative estimate of drug-likeness (QED) is 0.887. The summed E-state index contributed by atoms with van der Waals surface area (Å²) in [7, 11) is 0. The van der Waals surface area contributed by atoms with E-state index < -0.39 is 0 Å². The molecule has 112 valence electrons. The van der Waals surface area contributed by atoms with Gasteiger partial charge < -0.3 is 10.1 Å². The number of nitrogens with zero attached hydrogens (tertiary/aromatic N) is 1. The van der Waals surface area contributed by atoms with E-state index in [1.54, 1.807) is 0 Å². The number of hydrogen-bond donors (Lipinski definition) is 1. The van der Waals surface area contributed by atoms with E-state index in [0.29, 0.717) is 5.88 Å². The standard InChI is InChI=1S/C18H24N2O/c1-5-14-6-9-16(10-7-14)21-17-11-8-15(12-19-17)13-20-18(2,3)4/h6-12,20H,5,13H2,1-4H3. The van der Waals surface area contributed by atoms with Crippen molar-refractivity contribution in [3.05, 3.63) is 53.7 Å². The van der Waals surface area contributed by atoms with Crippen LogP contribution in [0.1, 0.15) is 38.8 Å². The molecule has 0 atom stereocenters. The third-order valence-corrected chi connectivity index (χ3v) is 3.17. The van der Waals surface area contributed by atoms with Crippen LogP contribution in [0.5, 0.6) is 11.6 Å². The number of pyridine rings is 1. The van der Waals surface area contributed by atoms with Gasteiger partial charge in [0.05, 0.1) is 0 Å². The molecule has 0 saturated heterocycles. The van der Waals surface area contributed by atoms with E-state index in [-0.39, 0.29) is 5.54 Å². The maximum absolute atomic E-state index is 5.75. The molecule has 0 aliphatic rings. The summed E-state index contributed by atoms with van der Waals surface area (Å²) in [5.74, 6) is 1.44. The van der Waals surface area contributed by atoms with Crippen molar-refractivity contribution < 1.29 is 4.74 Å². The van der Waals surface area contributed by atoms with Crippen LogP contribution in [-0.2, 0) is 13.0 Å². The van der Waals surface area contributed by atoms with Gasteiger partial charge in [-0.05, 0) is 50.5 Å². The number of rotatable bonds is 5. The Hall–Kier alpha value is -1.87. The first kappa shape index (κ1) is 15.5. The van der Waals surface area contributed by atoms with Gasteiger partial charge in [-0.25, -0.2) is 4.98 Å². The average molecular weight is 284 g/mol. The number of nitrogens with one attached hydrogen (secondary N) is 1. The second-order valence-corrected chi connectivity index (χ2v) is 6.21. The molecule has 0 bridgehead atoms. The SMILES string of the molecule is CCc1ccc(Oc2ccc(CNC(C)(C)C)cn2)cc1. The van der Waals surface area contributed by atoms with Crippen LogP contribution in [-0.4, -0.2) is 10.5 Å². The van der Waals surface area contributed by atoms with E-state index >= 15 is 0 Å². The predicted octanol–water partition coefficient (Wildman–Crippen LogP) is 4.32. The van der Waals surface area contributed by atoms with E-state index in [0.717, 1.165) is 24.3 Å². The van der Waals surface area contributed by atoms with Crippen LogP contribution < -0.4 is 10.1 Å². The van der Waals surface area contributed by atoms with Gasteiger partial charge in [-0.1, -0.05) is 25.1 Å². The highest BCUT2D eigenvalue weighted by Crippen LogP contribution is 2.20. The summed E-state index contributed by atoms with van der Waals surface area (Å²) in [5.41, 5.74) is 2.56. The van der Waals surface area contributed by atoms with E-state index in [4.69, 9.17) is 4.74 Å². The molecule has 2 aromatic rings. The summed E-state index contributed by atoms with van der Waals surface area (Å²) >= 11 is 0. The zero-order valence-electron chi connectivity index (χ0n) is 13.3. The molecule has 1 N–H and O–H groups in total. The normalized spacial score (nSPS) is 11.4. The van der Waals surface area contributed by atoms with Crippen LogP contribution in [0, 0.1) is 0 Å². The van der Waals surface area contributed by atoms with Gasteiger partial charge in [0.1, 0.15) is 5.75 Å². The minimum absolute atomic E-state index is 0.107. The van der Waals surface area contributed by atoms with Crippen molar-refractivity contribution in [1.29, 1.82) is 0 Å². The number of aromatic nitrogens is 1. The molecule has 0 unspecified atom stereocenters. The van der Waals surface area contributed by atoms with E-state index in [9.17, 15) is 0 Å². The largest absolute Gasteiger partial charge is 0.439 e. The van der Waals surface area contributed by atoms with Gasteiger partial charge >= 0.3 is 0 Å². The molecular formula is C18H24N2O. The molecule has 3 heteroatoms. The Labute approximate surface area is 127 Å². The van der Waals surface area contributed by atoms with Crippen LogP contribution in [0.2, 0.25) is 0 Å². The molecule has 1 heterocycles. The fourth-order valence-corrected chi connectivity index (χ4v) is 1.86. The summed E-state index contributed by atoms with van der Waals surface area (Å²) in [4.78, 5) is 4.36. The van der Waals surface area contributed by atoms with Gasteiger partial charge in [0.25, 0.3) is 0 Å². The molecular weight excluding hydrogens is 260 g/mol. The third kappa shape index (κ3) is 5.20. The van der Waals surface area contributed by atoms with Gasteiger partial charge in [0.15, 0.2) is 0 Å². The average Bonchev–Trinajstić information content (AvgIpc) is 2.46. The van der Waals surface area contributed by atoms with Crippen molar-refractivity contribution in [3.8, 4) is 11.6 Å². The summed E-state index contributed by atoms with van der Waals surface area (Å²) in [6.45, 7) is 9.40. The monoisotopic (exact) mass is 284 g/mol. The van der Waals surface area contributed by atoms with E-state index in [1.807, 2.05) is 30.5 Å². The van der Waals surface area contributed by atoms with Crippen LogP contribution >= 0.6 is 0 Å². The smallest absolute Gasteiger partial charge is 0.219 e. The van der Waals surface area contributed by atoms with Gasteiger partial charge in [-0.2, -0.15) is 0 Å². The topological polar surface area (TPSA) is 34.1 Å². The fourth-order valence-electron chi connectivity index (χ4n) is 1.86. The lowest BCUT2D eigenvalue weighted by Gasteiger charge is -2.20. The lowest BCUT2D eigenvalue weighted by Crippen LogP contribution is -2.35. The van der Waals surface area contributed by atoms with Crippen molar-refractivity contribution in [3.63, 3.8) is 0 Å². The molecule has 21 heavy (non-hydrogen) atoms. The first-order valence-electron chi connectivity index (χ1n) is 7.43. The van der Waals surface area contributed by atoms with Gasteiger partial charge in [-0.15, -0.1) is 0 Å². The number of aryl methyl sites for hydroxylation is 1. The Morgan fingerprint density at radius 3 is 2.19 bits per heavy atom. The second kappa shape index (κ2) is 6.72. The molecule has 0 amide bonds. The van der Waals surface area contributed by atoms with Crippen LogP contribution in [0.4, 0.5) is 0 Å². The minimum atomic E-state index is 0.107. The molecule has 0 spiro atoms. The Kier molecular flexibility index (Phi) is 4.97. The maximum atomic E-state index is 5.75. The van der Waals surface area contributed by atoms with Crippen LogP contribution in [0.3, 0.4) is 0 Å².